The first-order valence-corrected chi connectivity index (χ1v) is 7.62. The van der Waals surface area contributed by atoms with E-state index in [-0.39, 0.29) is 14.9 Å². The van der Waals surface area contributed by atoms with E-state index in [1.807, 2.05) is 0 Å². The van der Waals surface area contributed by atoms with Crippen molar-refractivity contribution in [1.29, 1.82) is 0 Å². The molecule has 3 nitrogen and oxygen atoms in total. The van der Waals surface area contributed by atoms with Crippen LogP contribution in [0.3, 0.4) is 0 Å². The fourth-order valence-electron chi connectivity index (χ4n) is 1.92. The molecule has 0 N–H and O–H groups in total. The standard InChI is InChI=1S/C7H11Br2NO2S/c8-6-3-5-1-2-10(4-7(6)9)13(5,11)12/h5-7H,1-4H2/t5?,6-,7+/m1/s1. The van der Waals surface area contributed by atoms with Gasteiger partial charge in [0, 0.05) is 22.7 Å². The second-order valence-electron chi connectivity index (χ2n) is 3.58. The Morgan fingerprint density at radius 1 is 1.23 bits per heavy atom. The zero-order valence-corrected chi connectivity index (χ0v) is 11.0. The lowest BCUT2D eigenvalue weighted by atomic mass is 10.1. The summed E-state index contributed by atoms with van der Waals surface area (Å²) < 4.78 is 25.2. The van der Waals surface area contributed by atoms with Crippen molar-refractivity contribution in [2.75, 3.05) is 13.1 Å². The van der Waals surface area contributed by atoms with Gasteiger partial charge < -0.3 is 0 Å². The van der Waals surface area contributed by atoms with E-state index in [1.54, 1.807) is 4.31 Å². The summed E-state index contributed by atoms with van der Waals surface area (Å²) >= 11 is 7.02. The lowest BCUT2D eigenvalue weighted by Crippen LogP contribution is -2.32. The Labute approximate surface area is 95.2 Å². The van der Waals surface area contributed by atoms with Gasteiger partial charge in [-0.2, -0.15) is 0 Å². The Morgan fingerprint density at radius 3 is 2.62 bits per heavy atom. The van der Waals surface area contributed by atoms with Crippen molar-refractivity contribution in [3.05, 3.63) is 0 Å². The van der Waals surface area contributed by atoms with E-state index < -0.39 is 10.0 Å². The molecule has 2 aliphatic rings. The van der Waals surface area contributed by atoms with Gasteiger partial charge in [0.15, 0.2) is 0 Å². The van der Waals surface area contributed by atoms with Gasteiger partial charge in [0.05, 0.1) is 5.25 Å². The third kappa shape index (κ3) is 1.70. The van der Waals surface area contributed by atoms with E-state index in [0.717, 1.165) is 12.8 Å². The zero-order chi connectivity index (χ0) is 9.64. The van der Waals surface area contributed by atoms with Crippen LogP contribution in [0.25, 0.3) is 0 Å². The molecule has 0 amide bonds. The summed E-state index contributed by atoms with van der Waals surface area (Å²) in [6, 6.07) is 0. The van der Waals surface area contributed by atoms with Gasteiger partial charge in [0.1, 0.15) is 0 Å². The Morgan fingerprint density at radius 2 is 1.92 bits per heavy atom. The van der Waals surface area contributed by atoms with Crippen molar-refractivity contribution < 1.29 is 8.42 Å². The summed E-state index contributed by atoms with van der Waals surface area (Å²) in [7, 11) is -2.96. The molecule has 13 heavy (non-hydrogen) atoms. The molecule has 0 spiro atoms. The minimum atomic E-state index is -2.96. The minimum absolute atomic E-state index is 0.153. The molecule has 0 aromatic rings. The van der Waals surface area contributed by atoms with Crippen LogP contribution in [0.5, 0.6) is 0 Å². The summed E-state index contributed by atoms with van der Waals surface area (Å²) in [5.74, 6) is 0. The summed E-state index contributed by atoms with van der Waals surface area (Å²) in [6.07, 6.45) is 1.53. The Hall–Kier alpha value is 0.870. The minimum Gasteiger partial charge on any atom is -0.212 e. The van der Waals surface area contributed by atoms with Crippen LogP contribution in [-0.2, 0) is 10.0 Å². The first-order valence-electron chi connectivity index (χ1n) is 4.29. The normalized spacial score (nSPS) is 48.8. The van der Waals surface area contributed by atoms with E-state index in [2.05, 4.69) is 31.9 Å². The van der Waals surface area contributed by atoms with Crippen molar-refractivity contribution >= 4 is 41.9 Å². The molecule has 6 heteroatoms. The SMILES string of the molecule is O=S1(=O)C2CCN1C[C@H](Br)[C@H](Br)C2. The molecule has 76 valence electrons. The Balaban J connectivity index is 2.31. The number of sulfonamides is 1. The summed E-state index contributed by atoms with van der Waals surface area (Å²) in [6.45, 7) is 1.31. The van der Waals surface area contributed by atoms with Crippen LogP contribution < -0.4 is 0 Å². The maximum absolute atomic E-state index is 11.8. The quantitative estimate of drug-likeness (QED) is 0.627. The summed E-state index contributed by atoms with van der Waals surface area (Å²) in [5, 5.41) is -0.153. The van der Waals surface area contributed by atoms with E-state index >= 15 is 0 Å². The molecule has 0 aromatic heterocycles. The fourth-order valence-corrected chi connectivity index (χ4v) is 5.54. The molecule has 2 fully saturated rings. The molecule has 2 aliphatic heterocycles. The van der Waals surface area contributed by atoms with Gasteiger partial charge in [0.2, 0.25) is 10.0 Å². The van der Waals surface area contributed by atoms with Crippen LogP contribution in [0.2, 0.25) is 0 Å². The van der Waals surface area contributed by atoms with Crippen molar-refractivity contribution in [2.45, 2.75) is 27.7 Å². The number of fused-ring (bicyclic) bond motifs is 2. The molecule has 2 saturated heterocycles. The van der Waals surface area contributed by atoms with Crippen LogP contribution >= 0.6 is 31.9 Å². The Bertz CT molecular complexity index is 282. The smallest absolute Gasteiger partial charge is 0.212 e. The average Bonchev–Trinajstić information content (AvgIpc) is 2.25. The monoisotopic (exact) mass is 331 g/mol. The number of alkyl halides is 2. The molecule has 2 heterocycles. The largest absolute Gasteiger partial charge is 0.217 e. The molecule has 4 atom stereocenters. The lowest BCUT2D eigenvalue weighted by Gasteiger charge is -2.18. The van der Waals surface area contributed by atoms with E-state index in [0.29, 0.717) is 13.1 Å². The molecular formula is C7H11Br2NO2S. The lowest BCUT2D eigenvalue weighted by molar-refractivity contribution is 0.435. The van der Waals surface area contributed by atoms with Gasteiger partial charge in [-0.15, -0.1) is 0 Å². The Kier molecular flexibility index (Phi) is 2.77. The number of hydrogen-bond acceptors (Lipinski definition) is 2. The van der Waals surface area contributed by atoms with Crippen molar-refractivity contribution in [2.24, 2.45) is 0 Å². The topological polar surface area (TPSA) is 37.4 Å². The summed E-state index contributed by atoms with van der Waals surface area (Å²) in [5.41, 5.74) is 0. The van der Waals surface area contributed by atoms with Gasteiger partial charge in [-0.1, -0.05) is 31.9 Å². The average molecular weight is 333 g/mol. The number of nitrogens with zero attached hydrogens (tertiary/aromatic N) is 1. The van der Waals surface area contributed by atoms with E-state index in [4.69, 9.17) is 0 Å². The highest BCUT2D eigenvalue weighted by molar-refractivity contribution is 9.12. The molecule has 2 rings (SSSR count). The van der Waals surface area contributed by atoms with Crippen molar-refractivity contribution in [3.63, 3.8) is 0 Å². The van der Waals surface area contributed by atoms with Gasteiger partial charge in [-0.25, -0.2) is 12.7 Å². The third-order valence-corrected chi connectivity index (χ3v) is 7.71. The molecule has 0 saturated carbocycles. The third-order valence-electron chi connectivity index (χ3n) is 2.74. The van der Waals surface area contributed by atoms with Crippen LogP contribution in [0.1, 0.15) is 12.8 Å². The first-order chi connectivity index (χ1) is 6.01. The van der Waals surface area contributed by atoms with Crippen molar-refractivity contribution in [3.8, 4) is 0 Å². The second kappa shape index (κ2) is 3.47. The van der Waals surface area contributed by atoms with Crippen LogP contribution in [-0.4, -0.2) is 40.7 Å². The predicted molar refractivity (Wildman–Crippen MR) is 58.9 cm³/mol. The first kappa shape index (κ1) is 10.4. The highest BCUT2D eigenvalue weighted by atomic mass is 79.9. The molecule has 0 aromatic carbocycles. The predicted octanol–water partition coefficient (Wildman–Crippen LogP) is 1.32. The summed E-state index contributed by atoms with van der Waals surface area (Å²) in [4.78, 5) is 0.519. The molecule has 0 aliphatic carbocycles. The highest BCUT2D eigenvalue weighted by Gasteiger charge is 2.44. The zero-order valence-electron chi connectivity index (χ0n) is 6.99. The van der Waals surface area contributed by atoms with Gasteiger partial charge in [0.25, 0.3) is 0 Å². The molecule has 0 radical (unpaired) electrons. The van der Waals surface area contributed by atoms with Crippen molar-refractivity contribution in [1.82, 2.24) is 4.31 Å². The van der Waals surface area contributed by atoms with Gasteiger partial charge in [-0.3, -0.25) is 0 Å². The molecule has 2 unspecified atom stereocenters. The fraction of sp³-hybridized carbons (Fsp3) is 1.00. The number of halogens is 2. The van der Waals surface area contributed by atoms with Crippen LogP contribution in [0, 0.1) is 0 Å². The van der Waals surface area contributed by atoms with Gasteiger partial charge in [-0.05, 0) is 12.8 Å². The van der Waals surface area contributed by atoms with E-state index in [1.165, 1.54) is 0 Å². The maximum Gasteiger partial charge on any atom is 0.217 e. The van der Waals surface area contributed by atoms with Crippen LogP contribution in [0.4, 0.5) is 0 Å². The van der Waals surface area contributed by atoms with E-state index in [9.17, 15) is 8.42 Å². The second-order valence-corrected chi connectivity index (χ2v) is 8.15. The van der Waals surface area contributed by atoms with Gasteiger partial charge >= 0.3 is 0 Å². The molecular weight excluding hydrogens is 322 g/mol. The number of rotatable bonds is 0. The maximum atomic E-state index is 11.8. The number of hydrogen-bond donors (Lipinski definition) is 0. The highest BCUT2D eigenvalue weighted by Crippen LogP contribution is 2.35. The van der Waals surface area contributed by atoms with Crippen LogP contribution in [0.15, 0.2) is 0 Å². The molecule has 2 bridgehead atoms.